The van der Waals surface area contributed by atoms with Crippen molar-refractivity contribution in [2.75, 3.05) is 55.8 Å². The fraction of sp³-hybridized carbons (Fsp3) is 0.440. The number of nitrogens with one attached hydrogen (secondary N) is 1. The third-order valence-corrected chi connectivity index (χ3v) is 7.50. The summed E-state index contributed by atoms with van der Waals surface area (Å²) in [7, 11) is 1.63. The molecule has 2 aliphatic rings. The van der Waals surface area contributed by atoms with Crippen LogP contribution < -0.4 is 20.7 Å². The van der Waals surface area contributed by atoms with Crippen molar-refractivity contribution >= 4 is 50.9 Å². The van der Waals surface area contributed by atoms with Gasteiger partial charge in [0.25, 0.3) is 0 Å². The highest BCUT2D eigenvalue weighted by Gasteiger charge is 2.30. The average molecular weight is 510 g/mol. The number of benzene rings is 1. The van der Waals surface area contributed by atoms with Gasteiger partial charge in [0.2, 0.25) is 11.8 Å². The Balaban J connectivity index is 1.32. The summed E-state index contributed by atoms with van der Waals surface area (Å²) >= 11 is 1.51. The first kappa shape index (κ1) is 24.1. The highest BCUT2D eigenvalue weighted by atomic mass is 32.1. The topological polar surface area (TPSA) is 118 Å². The number of piperazine rings is 1. The second-order valence-electron chi connectivity index (χ2n) is 9.37. The van der Waals surface area contributed by atoms with Gasteiger partial charge in [-0.05, 0) is 36.6 Å². The van der Waals surface area contributed by atoms with E-state index in [-0.39, 0.29) is 18.1 Å². The molecule has 1 unspecified atom stereocenters. The minimum absolute atomic E-state index is 0.0736. The largest absolute Gasteiger partial charge is 0.497 e. The number of hydrogen-bond donors (Lipinski definition) is 2. The summed E-state index contributed by atoms with van der Waals surface area (Å²) < 4.78 is 11.4. The predicted molar refractivity (Wildman–Crippen MR) is 143 cm³/mol. The van der Waals surface area contributed by atoms with Crippen LogP contribution in [0.4, 0.5) is 22.2 Å². The lowest BCUT2D eigenvalue weighted by atomic mass is 10.1. The number of carbonyl (C=O) groups excluding carboxylic acids is 1. The van der Waals surface area contributed by atoms with Gasteiger partial charge < -0.3 is 30.3 Å². The van der Waals surface area contributed by atoms with Crippen LogP contribution in [0.15, 0.2) is 28.6 Å². The number of amides is 2. The molecule has 0 saturated carbocycles. The van der Waals surface area contributed by atoms with Crippen LogP contribution in [0.25, 0.3) is 10.2 Å². The van der Waals surface area contributed by atoms with Gasteiger partial charge in [0, 0.05) is 37.2 Å². The van der Waals surface area contributed by atoms with Crippen molar-refractivity contribution in [2.24, 2.45) is 10.9 Å². The average Bonchev–Trinajstić information content (AvgIpc) is 3.52. The van der Waals surface area contributed by atoms with Crippen molar-refractivity contribution in [2.45, 2.75) is 26.9 Å². The molecule has 4 heterocycles. The van der Waals surface area contributed by atoms with Crippen molar-refractivity contribution in [1.29, 1.82) is 0 Å². The van der Waals surface area contributed by atoms with Crippen molar-refractivity contribution in [3.63, 3.8) is 0 Å². The number of aryl methyl sites for hydroxylation is 1. The van der Waals surface area contributed by atoms with Crippen LogP contribution in [0, 0.1) is 12.8 Å². The van der Waals surface area contributed by atoms with E-state index in [4.69, 9.17) is 15.2 Å². The molecule has 1 aromatic carbocycles. The first-order valence-corrected chi connectivity index (χ1v) is 12.9. The number of nitrogens with zero attached hydrogens (tertiary/aromatic N) is 5. The fourth-order valence-electron chi connectivity index (χ4n) is 4.43. The molecule has 36 heavy (non-hydrogen) atoms. The summed E-state index contributed by atoms with van der Waals surface area (Å²) in [6.45, 7) is 9.22. The van der Waals surface area contributed by atoms with Crippen LogP contribution in [0.2, 0.25) is 0 Å². The lowest BCUT2D eigenvalue weighted by Gasteiger charge is -2.35. The molecular formula is C25H31N7O3S. The first-order chi connectivity index (χ1) is 17.3. The Hall–Kier alpha value is -3.60. The molecule has 5 rings (SSSR count). The van der Waals surface area contributed by atoms with E-state index in [0.29, 0.717) is 44.5 Å². The van der Waals surface area contributed by atoms with Crippen LogP contribution in [-0.4, -0.2) is 72.7 Å². The molecule has 0 radical (unpaired) electrons. The quantitative estimate of drug-likeness (QED) is 0.538. The fourth-order valence-corrected chi connectivity index (χ4v) is 5.34. The third-order valence-electron chi connectivity index (χ3n) is 6.63. The Bertz CT molecular complexity index is 1310. The maximum atomic E-state index is 12.9. The molecular weight excluding hydrogens is 478 g/mol. The second-order valence-corrected chi connectivity index (χ2v) is 10.2. The molecule has 0 bridgehead atoms. The van der Waals surface area contributed by atoms with Gasteiger partial charge in [-0.15, -0.1) is 11.3 Å². The number of nitrogen functional groups attached to an aromatic ring is 1. The number of anilines is 3. The smallest absolute Gasteiger partial charge is 0.321 e. The summed E-state index contributed by atoms with van der Waals surface area (Å²) in [6, 6.07) is 5.47. The summed E-state index contributed by atoms with van der Waals surface area (Å²) in [5, 5.41) is 5.94. The zero-order chi connectivity index (χ0) is 25.4. The highest BCUT2D eigenvalue weighted by molar-refractivity contribution is 7.17. The minimum atomic E-state index is -0.125. The van der Waals surface area contributed by atoms with E-state index in [1.165, 1.54) is 11.3 Å². The first-order valence-electron chi connectivity index (χ1n) is 12.1. The van der Waals surface area contributed by atoms with Crippen LogP contribution in [0.1, 0.15) is 25.0 Å². The standard InChI is InChI=1S/C25H31N7O3S/c1-14(2)19-12-27-22(35-19)17-13-36-23-20(17)21(29-24(26)30-23)31-7-9-32(10-8-31)25(33)28-18-6-5-16(34-4)11-15(18)3/h5-6,11,13-14,19H,7-10,12H2,1-4H3,(H,28,33)(H2,26,29,30). The van der Waals surface area contributed by atoms with Crippen molar-refractivity contribution in [3.05, 3.63) is 34.7 Å². The molecule has 1 saturated heterocycles. The number of hydrogen-bond acceptors (Lipinski definition) is 9. The van der Waals surface area contributed by atoms with Crippen LogP contribution in [0.3, 0.4) is 0 Å². The third kappa shape index (κ3) is 4.62. The molecule has 0 aliphatic carbocycles. The summed E-state index contributed by atoms with van der Waals surface area (Å²) in [5.41, 5.74) is 8.69. The number of urea groups is 1. The molecule has 2 aromatic heterocycles. The number of ether oxygens (including phenoxy) is 2. The van der Waals surface area contributed by atoms with Crippen LogP contribution in [-0.2, 0) is 4.74 Å². The number of aliphatic imine (C=N–C) groups is 1. The van der Waals surface area contributed by atoms with Gasteiger partial charge in [0.1, 0.15) is 22.5 Å². The normalized spacial score (nSPS) is 17.9. The minimum Gasteiger partial charge on any atom is -0.497 e. The summed E-state index contributed by atoms with van der Waals surface area (Å²) in [5.74, 6) is 2.77. The maximum Gasteiger partial charge on any atom is 0.321 e. The Morgan fingerprint density at radius 2 is 2.03 bits per heavy atom. The molecule has 1 atom stereocenters. The number of carbonyl (C=O) groups is 1. The zero-order valence-electron chi connectivity index (χ0n) is 20.9. The number of methoxy groups -OCH3 is 1. The highest BCUT2D eigenvalue weighted by Crippen LogP contribution is 2.35. The molecule has 10 nitrogen and oxygen atoms in total. The molecule has 11 heteroatoms. The van der Waals surface area contributed by atoms with Crippen molar-refractivity contribution in [3.8, 4) is 5.75 Å². The van der Waals surface area contributed by atoms with Gasteiger partial charge in [-0.3, -0.25) is 0 Å². The van der Waals surface area contributed by atoms with Crippen molar-refractivity contribution < 1.29 is 14.3 Å². The molecule has 190 valence electrons. The zero-order valence-corrected chi connectivity index (χ0v) is 21.8. The number of thiophene rings is 1. The van der Waals surface area contributed by atoms with Gasteiger partial charge in [-0.25, -0.2) is 14.8 Å². The van der Waals surface area contributed by atoms with Gasteiger partial charge in [0.05, 0.1) is 24.6 Å². The Morgan fingerprint density at radius 3 is 2.69 bits per heavy atom. The van der Waals surface area contributed by atoms with Crippen LogP contribution >= 0.6 is 11.3 Å². The van der Waals surface area contributed by atoms with E-state index < -0.39 is 0 Å². The van der Waals surface area contributed by atoms with E-state index in [0.717, 1.165) is 38.6 Å². The second kappa shape index (κ2) is 9.81. The van der Waals surface area contributed by atoms with Gasteiger partial charge in [-0.1, -0.05) is 13.8 Å². The molecule has 1 fully saturated rings. The van der Waals surface area contributed by atoms with E-state index in [1.807, 2.05) is 35.4 Å². The number of nitrogens with two attached hydrogens (primary N) is 1. The lowest BCUT2D eigenvalue weighted by Crippen LogP contribution is -2.50. The van der Waals surface area contributed by atoms with Gasteiger partial charge in [-0.2, -0.15) is 4.98 Å². The maximum absolute atomic E-state index is 12.9. The number of fused-ring (bicyclic) bond motifs is 1. The van der Waals surface area contributed by atoms with Gasteiger partial charge >= 0.3 is 6.03 Å². The molecule has 0 spiro atoms. The Kier molecular flexibility index (Phi) is 6.57. The molecule has 2 amide bonds. The van der Waals surface area contributed by atoms with E-state index >= 15 is 0 Å². The Morgan fingerprint density at radius 1 is 1.25 bits per heavy atom. The SMILES string of the molecule is COc1ccc(NC(=O)N2CCN(c3nc(N)nc4scc(C5=NCC(C(C)C)O5)c34)CC2)c(C)c1. The van der Waals surface area contributed by atoms with E-state index in [2.05, 4.69) is 39.0 Å². The molecule has 2 aliphatic heterocycles. The van der Waals surface area contributed by atoms with Gasteiger partial charge in [0.15, 0.2) is 0 Å². The lowest BCUT2D eigenvalue weighted by molar-refractivity contribution is 0.172. The van der Waals surface area contributed by atoms with E-state index in [1.54, 1.807) is 7.11 Å². The van der Waals surface area contributed by atoms with Crippen LogP contribution in [0.5, 0.6) is 5.75 Å². The molecule has 3 N–H and O–H groups in total. The summed E-state index contributed by atoms with van der Waals surface area (Å²) in [6.07, 6.45) is 0.0736. The monoisotopic (exact) mass is 509 g/mol. The number of rotatable bonds is 5. The predicted octanol–water partition coefficient (Wildman–Crippen LogP) is 3.75. The number of aromatic nitrogens is 2. The summed E-state index contributed by atoms with van der Waals surface area (Å²) in [4.78, 5) is 31.4. The van der Waals surface area contributed by atoms with Crippen molar-refractivity contribution in [1.82, 2.24) is 14.9 Å². The Labute approximate surface area is 214 Å². The van der Waals surface area contributed by atoms with E-state index in [9.17, 15) is 4.79 Å². The molecule has 3 aromatic rings.